The minimum atomic E-state index is 0.0442. The van der Waals surface area contributed by atoms with Crippen molar-refractivity contribution in [2.45, 2.75) is 26.2 Å². The third kappa shape index (κ3) is 5.05. The molecule has 0 saturated heterocycles. The van der Waals surface area contributed by atoms with Crippen LogP contribution in [0.4, 0.5) is 5.69 Å². The first-order valence-electron chi connectivity index (χ1n) is 10.1. The monoisotopic (exact) mass is 403 g/mol. The van der Waals surface area contributed by atoms with E-state index in [0.717, 1.165) is 22.5 Å². The minimum absolute atomic E-state index is 0.0442. The van der Waals surface area contributed by atoms with Gasteiger partial charge in [-0.3, -0.25) is 4.98 Å². The fourth-order valence-electron chi connectivity index (χ4n) is 3.76. The Morgan fingerprint density at radius 2 is 1.80 bits per heavy atom. The van der Waals surface area contributed by atoms with Gasteiger partial charge in [-0.2, -0.15) is 0 Å². The summed E-state index contributed by atoms with van der Waals surface area (Å²) in [4.78, 5) is 6.27. The van der Waals surface area contributed by atoms with Gasteiger partial charge in [0, 0.05) is 49.1 Å². The van der Waals surface area contributed by atoms with Crippen LogP contribution in [0.25, 0.3) is 0 Å². The van der Waals surface area contributed by atoms with Crippen LogP contribution in [0.15, 0.2) is 72.0 Å². The third-order valence-corrected chi connectivity index (χ3v) is 5.48. The molecular formula is C25H29N3O2. The first-order chi connectivity index (χ1) is 14.5. The standard InChI is InChI=1S/C25H29N3O2/c1-18-6-4-5-7-23(18)24(17-25(27-30)21-12-13-26-19(2)16-21)20-8-10-22(11-9-20)28(3)14-15-29/h4-13,16,24,29-30H,14-15,17H2,1-3H3. The summed E-state index contributed by atoms with van der Waals surface area (Å²) in [6.07, 6.45) is 2.31. The Bertz CT molecular complexity index is 999. The van der Waals surface area contributed by atoms with E-state index in [-0.39, 0.29) is 12.5 Å². The predicted molar refractivity (Wildman–Crippen MR) is 122 cm³/mol. The highest BCUT2D eigenvalue weighted by Crippen LogP contribution is 2.33. The number of hydrogen-bond acceptors (Lipinski definition) is 5. The van der Waals surface area contributed by atoms with Crippen molar-refractivity contribution >= 4 is 11.4 Å². The SMILES string of the molecule is Cc1cc(C(CC(c2ccc(N(C)CCO)cc2)c2ccccc2C)=NO)ccn1. The molecular weight excluding hydrogens is 374 g/mol. The Morgan fingerprint density at radius 3 is 2.43 bits per heavy atom. The summed E-state index contributed by atoms with van der Waals surface area (Å²) in [5, 5.41) is 22.6. The lowest BCUT2D eigenvalue weighted by Crippen LogP contribution is -2.21. The zero-order valence-electron chi connectivity index (χ0n) is 17.8. The molecule has 2 N–H and O–H groups in total. The van der Waals surface area contributed by atoms with Gasteiger partial charge in [0.1, 0.15) is 0 Å². The summed E-state index contributed by atoms with van der Waals surface area (Å²) < 4.78 is 0. The first-order valence-corrected chi connectivity index (χ1v) is 10.1. The quantitative estimate of drug-likeness (QED) is 0.329. The van der Waals surface area contributed by atoms with Crippen LogP contribution >= 0.6 is 0 Å². The van der Waals surface area contributed by atoms with Gasteiger partial charge in [-0.25, -0.2) is 0 Å². The van der Waals surface area contributed by atoms with Crippen molar-refractivity contribution in [3.63, 3.8) is 0 Å². The third-order valence-electron chi connectivity index (χ3n) is 5.48. The fraction of sp³-hybridized carbons (Fsp3) is 0.280. The molecule has 30 heavy (non-hydrogen) atoms. The maximum Gasteiger partial charge on any atom is 0.0878 e. The second-order valence-electron chi connectivity index (χ2n) is 7.58. The second-order valence-corrected chi connectivity index (χ2v) is 7.58. The summed E-state index contributed by atoms with van der Waals surface area (Å²) in [7, 11) is 1.96. The molecule has 3 rings (SSSR count). The molecule has 1 unspecified atom stereocenters. The number of aryl methyl sites for hydroxylation is 2. The van der Waals surface area contributed by atoms with E-state index < -0.39 is 0 Å². The van der Waals surface area contributed by atoms with E-state index in [0.29, 0.717) is 18.7 Å². The maximum absolute atomic E-state index is 9.80. The van der Waals surface area contributed by atoms with Crippen LogP contribution in [0, 0.1) is 13.8 Å². The zero-order valence-corrected chi connectivity index (χ0v) is 17.8. The average molecular weight is 404 g/mol. The van der Waals surface area contributed by atoms with Crippen molar-refractivity contribution in [3.8, 4) is 0 Å². The lowest BCUT2D eigenvalue weighted by molar-refractivity contribution is 0.304. The average Bonchev–Trinajstić information content (AvgIpc) is 2.76. The fourth-order valence-corrected chi connectivity index (χ4v) is 3.76. The maximum atomic E-state index is 9.80. The van der Waals surface area contributed by atoms with Gasteiger partial charge in [-0.05, 0) is 54.8 Å². The molecule has 1 atom stereocenters. The molecule has 0 aliphatic rings. The molecule has 0 spiro atoms. The van der Waals surface area contributed by atoms with Gasteiger partial charge in [0.05, 0.1) is 12.3 Å². The van der Waals surface area contributed by atoms with Crippen LogP contribution in [0.5, 0.6) is 0 Å². The molecule has 5 heteroatoms. The van der Waals surface area contributed by atoms with Gasteiger partial charge in [0.25, 0.3) is 0 Å². The molecule has 1 heterocycles. The van der Waals surface area contributed by atoms with Gasteiger partial charge in [-0.15, -0.1) is 0 Å². The van der Waals surface area contributed by atoms with Crippen molar-refractivity contribution in [2.75, 3.05) is 25.1 Å². The Balaban J connectivity index is 1.98. The Morgan fingerprint density at radius 1 is 1.07 bits per heavy atom. The van der Waals surface area contributed by atoms with Gasteiger partial charge in [0.2, 0.25) is 0 Å². The summed E-state index contributed by atoms with van der Waals surface area (Å²) in [6, 6.07) is 20.5. The second kappa shape index (κ2) is 10.0. The lowest BCUT2D eigenvalue weighted by atomic mass is 9.83. The molecule has 0 saturated carbocycles. The molecule has 0 fully saturated rings. The van der Waals surface area contributed by atoms with Crippen LogP contribution < -0.4 is 4.90 Å². The van der Waals surface area contributed by atoms with Crippen LogP contribution in [0.2, 0.25) is 0 Å². The van der Waals surface area contributed by atoms with Gasteiger partial charge in [0.15, 0.2) is 0 Å². The largest absolute Gasteiger partial charge is 0.411 e. The van der Waals surface area contributed by atoms with E-state index in [2.05, 4.69) is 53.5 Å². The number of anilines is 1. The summed E-state index contributed by atoms with van der Waals surface area (Å²) in [5.41, 5.74) is 7.01. The van der Waals surface area contributed by atoms with E-state index in [4.69, 9.17) is 0 Å². The van der Waals surface area contributed by atoms with Crippen molar-refractivity contribution in [2.24, 2.45) is 5.16 Å². The van der Waals surface area contributed by atoms with Crippen molar-refractivity contribution in [1.82, 2.24) is 4.98 Å². The van der Waals surface area contributed by atoms with Crippen molar-refractivity contribution in [3.05, 3.63) is 94.8 Å². The number of aliphatic hydroxyl groups excluding tert-OH is 1. The smallest absolute Gasteiger partial charge is 0.0878 e. The molecule has 0 bridgehead atoms. The Hall–Kier alpha value is -3.18. The van der Waals surface area contributed by atoms with Crippen LogP contribution in [0.1, 0.15) is 40.3 Å². The number of nitrogens with zero attached hydrogens (tertiary/aromatic N) is 3. The lowest BCUT2D eigenvalue weighted by Gasteiger charge is -2.23. The number of pyridine rings is 1. The van der Waals surface area contributed by atoms with E-state index >= 15 is 0 Å². The summed E-state index contributed by atoms with van der Waals surface area (Å²) in [6.45, 7) is 4.74. The molecule has 0 aliphatic carbocycles. The van der Waals surface area contributed by atoms with Crippen molar-refractivity contribution < 1.29 is 10.3 Å². The molecule has 0 aliphatic heterocycles. The highest BCUT2D eigenvalue weighted by atomic mass is 16.4. The zero-order chi connectivity index (χ0) is 21.5. The molecule has 1 aromatic heterocycles. The number of hydrogen-bond donors (Lipinski definition) is 2. The molecule has 156 valence electrons. The highest BCUT2D eigenvalue weighted by Gasteiger charge is 2.20. The predicted octanol–water partition coefficient (Wildman–Crippen LogP) is 4.53. The highest BCUT2D eigenvalue weighted by molar-refractivity contribution is 6.01. The molecule has 5 nitrogen and oxygen atoms in total. The molecule has 3 aromatic rings. The number of aromatic nitrogens is 1. The normalized spacial score (nSPS) is 12.6. The number of rotatable bonds is 8. The van der Waals surface area contributed by atoms with Crippen LogP contribution in [-0.2, 0) is 0 Å². The number of oxime groups is 1. The minimum Gasteiger partial charge on any atom is -0.411 e. The Kier molecular flexibility index (Phi) is 7.20. The van der Waals surface area contributed by atoms with E-state index in [1.165, 1.54) is 11.1 Å². The summed E-state index contributed by atoms with van der Waals surface area (Å²) in [5.74, 6) is 0.0442. The van der Waals surface area contributed by atoms with E-state index in [1.54, 1.807) is 6.20 Å². The van der Waals surface area contributed by atoms with E-state index in [1.807, 2.05) is 43.1 Å². The van der Waals surface area contributed by atoms with Crippen LogP contribution in [-0.4, -0.2) is 41.2 Å². The van der Waals surface area contributed by atoms with Gasteiger partial charge < -0.3 is 15.2 Å². The van der Waals surface area contributed by atoms with Gasteiger partial charge in [-0.1, -0.05) is 41.6 Å². The summed E-state index contributed by atoms with van der Waals surface area (Å²) >= 11 is 0. The first kappa shape index (κ1) is 21.5. The molecule has 2 aromatic carbocycles. The van der Waals surface area contributed by atoms with Gasteiger partial charge >= 0.3 is 0 Å². The molecule has 0 amide bonds. The number of likely N-dealkylation sites (N-methyl/N-ethyl adjacent to an activating group) is 1. The number of benzene rings is 2. The van der Waals surface area contributed by atoms with E-state index in [9.17, 15) is 10.3 Å². The Labute approximate surface area is 178 Å². The van der Waals surface area contributed by atoms with Crippen LogP contribution in [0.3, 0.4) is 0 Å². The number of aliphatic hydroxyl groups is 1. The van der Waals surface area contributed by atoms with Crippen molar-refractivity contribution in [1.29, 1.82) is 0 Å². The topological polar surface area (TPSA) is 69.0 Å². The molecule has 0 radical (unpaired) electrons.